The number of aliphatic imine (C=N–C) groups is 1. The third-order valence-electron chi connectivity index (χ3n) is 7.76. The SMILES string of the molecule is Cc1ccc(CN=C(N)C(N=Nc2ccc(Cl)cc2)C(=O)NC2C3(C)CCC(C3)C2(C)C)cc1. The first-order chi connectivity index (χ1) is 16.1. The Kier molecular flexibility index (Phi) is 6.81. The molecule has 6 nitrogen and oxygen atoms in total. The molecule has 2 bridgehead atoms. The van der Waals surface area contributed by atoms with Crippen molar-refractivity contribution in [2.24, 2.45) is 37.7 Å². The highest BCUT2D eigenvalue weighted by molar-refractivity contribution is 6.30. The molecule has 4 atom stereocenters. The van der Waals surface area contributed by atoms with Gasteiger partial charge in [-0.15, -0.1) is 0 Å². The van der Waals surface area contributed by atoms with Crippen LogP contribution in [0.25, 0.3) is 0 Å². The molecular weight excluding hydrogens is 446 g/mol. The van der Waals surface area contributed by atoms with E-state index in [1.807, 2.05) is 31.2 Å². The molecule has 180 valence electrons. The molecule has 0 aromatic heterocycles. The number of aryl methyl sites for hydroxylation is 1. The van der Waals surface area contributed by atoms with Crippen LogP contribution in [0.15, 0.2) is 63.8 Å². The number of halogens is 1. The van der Waals surface area contributed by atoms with Gasteiger partial charge in [-0.3, -0.25) is 9.79 Å². The molecule has 0 heterocycles. The number of nitrogens with zero attached hydrogens (tertiary/aromatic N) is 3. The van der Waals surface area contributed by atoms with Gasteiger partial charge in [0.25, 0.3) is 5.91 Å². The van der Waals surface area contributed by atoms with Gasteiger partial charge in [0.05, 0.1) is 12.2 Å². The van der Waals surface area contributed by atoms with E-state index in [-0.39, 0.29) is 28.6 Å². The van der Waals surface area contributed by atoms with Crippen molar-refractivity contribution >= 4 is 29.0 Å². The first kappa shape index (κ1) is 24.4. The maximum Gasteiger partial charge on any atom is 0.254 e. The third-order valence-corrected chi connectivity index (χ3v) is 8.02. The first-order valence-electron chi connectivity index (χ1n) is 11.9. The summed E-state index contributed by atoms with van der Waals surface area (Å²) in [5.74, 6) is 0.515. The fourth-order valence-electron chi connectivity index (χ4n) is 5.72. The summed E-state index contributed by atoms with van der Waals surface area (Å²) < 4.78 is 0. The summed E-state index contributed by atoms with van der Waals surface area (Å²) in [6.07, 6.45) is 3.48. The van der Waals surface area contributed by atoms with Gasteiger partial charge in [-0.1, -0.05) is 62.2 Å². The zero-order valence-corrected chi connectivity index (χ0v) is 21.1. The van der Waals surface area contributed by atoms with Crippen LogP contribution < -0.4 is 11.1 Å². The van der Waals surface area contributed by atoms with Gasteiger partial charge in [-0.05, 0) is 72.8 Å². The molecule has 2 aliphatic rings. The summed E-state index contributed by atoms with van der Waals surface area (Å²) in [5.41, 5.74) is 9.26. The smallest absolute Gasteiger partial charge is 0.254 e. The van der Waals surface area contributed by atoms with E-state index in [4.69, 9.17) is 17.3 Å². The van der Waals surface area contributed by atoms with Crippen molar-refractivity contribution in [2.75, 3.05) is 0 Å². The second kappa shape index (κ2) is 9.49. The number of carbonyl (C=O) groups is 1. The predicted molar refractivity (Wildman–Crippen MR) is 137 cm³/mol. The molecule has 2 aromatic rings. The molecule has 3 N–H and O–H groups in total. The lowest BCUT2D eigenvalue weighted by Crippen LogP contribution is -2.56. The highest BCUT2D eigenvalue weighted by atomic mass is 35.5. The Morgan fingerprint density at radius 3 is 2.44 bits per heavy atom. The second-order valence-corrected chi connectivity index (χ2v) is 11.1. The molecule has 0 radical (unpaired) electrons. The number of carbonyl (C=O) groups excluding carboxylic acids is 1. The molecule has 2 fully saturated rings. The molecule has 4 rings (SSSR count). The van der Waals surface area contributed by atoms with Crippen molar-refractivity contribution < 1.29 is 4.79 Å². The summed E-state index contributed by atoms with van der Waals surface area (Å²) >= 11 is 5.97. The number of fused-ring (bicyclic) bond motifs is 2. The quantitative estimate of drug-likeness (QED) is 0.290. The van der Waals surface area contributed by atoms with Crippen LogP contribution in [0, 0.1) is 23.7 Å². The summed E-state index contributed by atoms with van der Waals surface area (Å²) in [6.45, 7) is 9.21. The van der Waals surface area contributed by atoms with Gasteiger partial charge < -0.3 is 11.1 Å². The molecule has 4 unspecified atom stereocenters. The van der Waals surface area contributed by atoms with Gasteiger partial charge >= 0.3 is 0 Å². The van der Waals surface area contributed by atoms with E-state index in [2.05, 4.69) is 41.3 Å². The fourth-order valence-corrected chi connectivity index (χ4v) is 5.85. The first-order valence-corrected chi connectivity index (χ1v) is 12.3. The maximum atomic E-state index is 13.5. The van der Waals surface area contributed by atoms with Gasteiger partial charge in [0.15, 0.2) is 0 Å². The number of benzene rings is 2. The number of hydrogen-bond acceptors (Lipinski definition) is 4. The average Bonchev–Trinajstić information content (AvgIpc) is 3.28. The van der Waals surface area contributed by atoms with Crippen LogP contribution in [-0.4, -0.2) is 23.8 Å². The van der Waals surface area contributed by atoms with Crippen LogP contribution in [0.2, 0.25) is 5.02 Å². The van der Waals surface area contributed by atoms with E-state index < -0.39 is 6.04 Å². The predicted octanol–water partition coefficient (Wildman–Crippen LogP) is 5.99. The van der Waals surface area contributed by atoms with Crippen LogP contribution in [-0.2, 0) is 11.3 Å². The van der Waals surface area contributed by atoms with Gasteiger partial charge in [0.2, 0.25) is 6.04 Å². The van der Waals surface area contributed by atoms with Crippen LogP contribution in [0.5, 0.6) is 0 Å². The lowest BCUT2D eigenvalue weighted by molar-refractivity contribution is -0.123. The Labute approximate surface area is 207 Å². The zero-order valence-electron chi connectivity index (χ0n) is 20.4. The van der Waals surface area contributed by atoms with Gasteiger partial charge in [0.1, 0.15) is 5.84 Å². The Hall–Kier alpha value is -2.73. The Balaban J connectivity index is 1.57. The van der Waals surface area contributed by atoms with Crippen molar-refractivity contribution in [3.8, 4) is 0 Å². The molecule has 2 aliphatic carbocycles. The molecule has 2 saturated carbocycles. The Bertz CT molecular complexity index is 1090. The number of rotatable bonds is 7. The van der Waals surface area contributed by atoms with Crippen LogP contribution in [0.3, 0.4) is 0 Å². The summed E-state index contributed by atoms with van der Waals surface area (Å²) in [6, 6.07) is 14.1. The highest BCUT2D eigenvalue weighted by Crippen LogP contribution is 2.62. The molecular formula is C27H34ClN5O. The number of hydrogen-bond donors (Lipinski definition) is 2. The van der Waals surface area contributed by atoms with E-state index >= 15 is 0 Å². The number of nitrogens with one attached hydrogen (secondary N) is 1. The van der Waals surface area contributed by atoms with Gasteiger partial charge in [-0.25, -0.2) is 0 Å². The average molecular weight is 480 g/mol. The summed E-state index contributed by atoms with van der Waals surface area (Å²) in [4.78, 5) is 18.0. The van der Waals surface area contributed by atoms with E-state index in [1.165, 1.54) is 12.0 Å². The fraction of sp³-hybridized carbons (Fsp3) is 0.481. The van der Waals surface area contributed by atoms with Crippen molar-refractivity contribution in [3.05, 3.63) is 64.7 Å². The number of nitrogens with two attached hydrogens (primary N) is 1. The topological polar surface area (TPSA) is 92.2 Å². The standard InChI is InChI=1S/C27H34ClN5O/c1-17-5-7-18(8-6-17)16-30-23(29)22(33-32-21-11-9-20(28)10-12-21)24(34)31-25-26(2,3)19-13-14-27(25,4)15-19/h5-12,19,22,25H,13-16H2,1-4H3,(H2,29,30)(H,31,34). The minimum absolute atomic E-state index is 0.0222. The monoisotopic (exact) mass is 479 g/mol. The normalized spacial score (nSPS) is 26.7. The summed E-state index contributed by atoms with van der Waals surface area (Å²) in [7, 11) is 0. The Morgan fingerprint density at radius 2 is 1.82 bits per heavy atom. The molecule has 2 aromatic carbocycles. The molecule has 0 saturated heterocycles. The third kappa shape index (κ3) is 5.02. The van der Waals surface area contributed by atoms with Crippen LogP contribution >= 0.6 is 11.6 Å². The molecule has 0 spiro atoms. The maximum absolute atomic E-state index is 13.5. The number of azo groups is 1. The minimum Gasteiger partial charge on any atom is -0.385 e. The number of amidine groups is 1. The number of amides is 1. The van der Waals surface area contributed by atoms with Gasteiger partial charge in [0, 0.05) is 11.1 Å². The van der Waals surface area contributed by atoms with Crippen LogP contribution in [0.1, 0.15) is 51.2 Å². The largest absolute Gasteiger partial charge is 0.385 e. The minimum atomic E-state index is -1.00. The van der Waals surface area contributed by atoms with E-state index in [0.29, 0.717) is 23.2 Å². The van der Waals surface area contributed by atoms with Crippen molar-refractivity contribution in [1.29, 1.82) is 0 Å². The summed E-state index contributed by atoms with van der Waals surface area (Å²) in [5, 5.41) is 12.5. The molecule has 34 heavy (non-hydrogen) atoms. The Morgan fingerprint density at radius 1 is 1.15 bits per heavy atom. The molecule has 0 aliphatic heterocycles. The van der Waals surface area contributed by atoms with E-state index in [9.17, 15) is 4.79 Å². The lowest BCUT2D eigenvalue weighted by Gasteiger charge is -2.43. The van der Waals surface area contributed by atoms with Crippen molar-refractivity contribution in [2.45, 2.75) is 65.6 Å². The van der Waals surface area contributed by atoms with Crippen molar-refractivity contribution in [3.63, 3.8) is 0 Å². The van der Waals surface area contributed by atoms with Gasteiger partial charge in [-0.2, -0.15) is 10.2 Å². The molecule has 1 amide bonds. The highest BCUT2D eigenvalue weighted by Gasteiger charge is 2.60. The second-order valence-electron chi connectivity index (χ2n) is 10.7. The van der Waals surface area contributed by atoms with E-state index in [0.717, 1.165) is 18.4 Å². The van der Waals surface area contributed by atoms with E-state index in [1.54, 1.807) is 24.3 Å². The molecule has 7 heteroatoms. The van der Waals surface area contributed by atoms with Crippen LogP contribution in [0.4, 0.5) is 5.69 Å². The lowest BCUT2D eigenvalue weighted by atomic mass is 9.68. The van der Waals surface area contributed by atoms with Crippen molar-refractivity contribution in [1.82, 2.24) is 5.32 Å². The zero-order chi connectivity index (χ0) is 24.5.